The largest absolute Gasteiger partial charge is 0.394 e. The van der Waals surface area contributed by atoms with Crippen LogP contribution >= 0.6 is 11.6 Å². The van der Waals surface area contributed by atoms with E-state index >= 15 is 0 Å². The topological polar surface area (TPSA) is 45.5 Å². The Morgan fingerprint density at radius 3 is 2.84 bits per heavy atom. The summed E-state index contributed by atoms with van der Waals surface area (Å²) in [5, 5.41) is 10.1. The van der Waals surface area contributed by atoms with Gasteiger partial charge >= 0.3 is 0 Å². The molecule has 1 aromatic rings. The van der Waals surface area contributed by atoms with Gasteiger partial charge in [-0.25, -0.2) is 0 Å². The van der Waals surface area contributed by atoms with E-state index < -0.39 is 0 Å². The Labute approximate surface area is 118 Å². The van der Waals surface area contributed by atoms with Crippen molar-refractivity contribution in [1.29, 1.82) is 0 Å². The first kappa shape index (κ1) is 13.0. The lowest BCUT2D eigenvalue weighted by Crippen LogP contribution is -2.40. The summed E-state index contributed by atoms with van der Waals surface area (Å²) in [6.07, 6.45) is 5.03. The van der Waals surface area contributed by atoms with Crippen molar-refractivity contribution in [3.8, 4) is 0 Å². The number of hydrogen-bond acceptors (Lipinski definition) is 2. The summed E-state index contributed by atoms with van der Waals surface area (Å²) < 4.78 is 2.00. The third kappa shape index (κ3) is 2.28. The molecular weight excluding hydrogens is 264 g/mol. The van der Waals surface area contributed by atoms with Crippen molar-refractivity contribution in [2.45, 2.75) is 38.3 Å². The van der Waals surface area contributed by atoms with Crippen molar-refractivity contribution < 1.29 is 9.90 Å². The minimum absolute atomic E-state index is 0.00204. The minimum Gasteiger partial charge on any atom is -0.394 e. The molecule has 0 bridgehead atoms. The number of aliphatic hydroxyl groups excluding tert-OH is 1. The molecule has 1 amide bonds. The van der Waals surface area contributed by atoms with Crippen LogP contribution in [0.5, 0.6) is 0 Å². The van der Waals surface area contributed by atoms with Gasteiger partial charge in [-0.3, -0.25) is 4.79 Å². The average molecular weight is 283 g/mol. The SMILES string of the molecule is CC1CCN(C(=O)c2cc(Cl)cn2C2CC2)C1CO. The summed E-state index contributed by atoms with van der Waals surface area (Å²) in [4.78, 5) is 14.5. The molecule has 3 rings (SSSR count). The summed E-state index contributed by atoms with van der Waals surface area (Å²) in [6.45, 7) is 2.84. The van der Waals surface area contributed by atoms with E-state index in [4.69, 9.17) is 11.6 Å². The molecule has 1 aromatic heterocycles. The van der Waals surface area contributed by atoms with E-state index in [1.807, 2.05) is 10.8 Å². The summed E-state index contributed by atoms with van der Waals surface area (Å²) in [5.41, 5.74) is 0.667. The van der Waals surface area contributed by atoms with E-state index in [1.165, 1.54) is 0 Å². The van der Waals surface area contributed by atoms with E-state index in [2.05, 4.69) is 6.92 Å². The fourth-order valence-electron chi connectivity index (χ4n) is 2.96. The standard InChI is InChI=1S/C14H19ClN2O2/c1-9-4-5-16(13(9)8-18)14(19)12-6-10(15)7-17(12)11-2-3-11/h6-7,9,11,13,18H,2-5,8H2,1H3. The van der Waals surface area contributed by atoms with Gasteiger partial charge in [0.2, 0.25) is 0 Å². The van der Waals surface area contributed by atoms with Gasteiger partial charge in [-0.15, -0.1) is 0 Å². The van der Waals surface area contributed by atoms with Gasteiger partial charge in [0.15, 0.2) is 0 Å². The molecule has 1 saturated carbocycles. The number of carbonyl (C=O) groups is 1. The molecule has 2 heterocycles. The normalized spacial score (nSPS) is 27.0. The molecule has 104 valence electrons. The number of likely N-dealkylation sites (tertiary alicyclic amines) is 1. The molecule has 0 aromatic carbocycles. The molecule has 4 nitrogen and oxygen atoms in total. The summed E-state index contributed by atoms with van der Waals surface area (Å²) in [6, 6.07) is 2.12. The summed E-state index contributed by atoms with van der Waals surface area (Å²) >= 11 is 6.05. The second-order valence-corrected chi connectivity index (χ2v) is 6.13. The lowest BCUT2D eigenvalue weighted by molar-refractivity contribution is 0.0637. The summed E-state index contributed by atoms with van der Waals surface area (Å²) in [7, 11) is 0. The predicted molar refractivity (Wildman–Crippen MR) is 73.4 cm³/mol. The van der Waals surface area contributed by atoms with Crippen LogP contribution in [0.15, 0.2) is 12.3 Å². The van der Waals surface area contributed by atoms with Crippen LogP contribution in [0.25, 0.3) is 0 Å². The van der Waals surface area contributed by atoms with E-state index in [0.717, 1.165) is 25.8 Å². The van der Waals surface area contributed by atoms with Crippen molar-refractivity contribution in [1.82, 2.24) is 9.47 Å². The second kappa shape index (κ2) is 4.84. The maximum Gasteiger partial charge on any atom is 0.270 e. The van der Waals surface area contributed by atoms with Gasteiger partial charge in [-0.1, -0.05) is 18.5 Å². The number of carbonyl (C=O) groups excluding carboxylic acids is 1. The lowest BCUT2D eigenvalue weighted by atomic mass is 10.0. The number of hydrogen-bond donors (Lipinski definition) is 1. The predicted octanol–water partition coefficient (Wildman–Crippen LogP) is 2.32. The van der Waals surface area contributed by atoms with E-state index in [-0.39, 0.29) is 18.6 Å². The number of aliphatic hydroxyl groups is 1. The van der Waals surface area contributed by atoms with Crippen LogP contribution in [0.4, 0.5) is 0 Å². The van der Waals surface area contributed by atoms with Crippen LogP contribution in [-0.2, 0) is 0 Å². The van der Waals surface area contributed by atoms with Crippen molar-refractivity contribution >= 4 is 17.5 Å². The Kier molecular flexibility index (Phi) is 3.31. The zero-order valence-corrected chi connectivity index (χ0v) is 11.8. The maximum atomic E-state index is 12.7. The van der Waals surface area contributed by atoms with Gasteiger partial charge in [0.1, 0.15) is 5.69 Å². The van der Waals surface area contributed by atoms with Gasteiger partial charge < -0.3 is 14.6 Å². The highest BCUT2D eigenvalue weighted by atomic mass is 35.5. The Morgan fingerprint density at radius 2 is 2.21 bits per heavy atom. The van der Waals surface area contributed by atoms with Gasteiger partial charge in [0.05, 0.1) is 17.7 Å². The molecule has 19 heavy (non-hydrogen) atoms. The van der Waals surface area contributed by atoms with Crippen LogP contribution in [0.1, 0.15) is 42.7 Å². The highest BCUT2D eigenvalue weighted by molar-refractivity contribution is 6.31. The molecule has 1 aliphatic heterocycles. The Balaban J connectivity index is 1.87. The molecule has 0 radical (unpaired) electrons. The van der Waals surface area contributed by atoms with Crippen molar-refractivity contribution in [2.24, 2.45) is 5.92 Å². The molecule has 2 atom stereocenters. The van der Waals surface area contributed by atoms with E-state index in [1.54, 1.807) is 11.0 Å². The minimum atomic E-state index is -0.0613. The average Bonchev–Trinajstić information content (AvgIpc) is 3.06. The van der Waals surface area contributed by atoms with Crippen LogP contribution in [0.2, 0.25) is 5.02 Å². The zero-order valence-electron chi connectivity index (χ0n) is 11.1. The first-order valence-electron chi connectivity index (χ1n) is 6.91. The molecular formula is C14H19ClN2O2. The molecule has 0 spiro atoms. The zero-order chi connectivity index (χ0) is 13.6. The summed E-state index contributed by atoms with van der Waals surface area (Å²) in [5.74, 6) is 0.357. The molecule has 2 aliphatic rings. The molecule has 1 saturated heterocycles. The van der Waals surface area contributed by atoms with Crippen molar-refractivity contribution in [3.05, 3.63) is 23.0 Å². The van der Waals surface area contributed by atoms with Gasteiger partial charge in [0, 0.05) is 18.8 Å². The Hall–Kier alpha value is -1.00. The van der Waals surface area contributed by atoms with E-state index in [9.17, 15) is 9.90 Å². The van der Waals surface area contributed by atoms with Crippen LogP contribution in [0.3, 0.4) is 0 Å². The molecule has 1 N–H and O–H groups in total. The smallest absolute Gasteiger partial charge is 0.270 e. The Bertz CT molecular complexity index is 496. The highest BCUT2D eigenvalue weighted by Gasteiger charge is 2.37. The number of nitrogens with zero attached hydrogens (tertiary/aromatic N) is 2. The first-order chi connectivity index (χ1) is 9.11. The maximum absolute atomic E-state index is 12.7. The molecule has 1 aliphatic carbocycles. The molecule has 2 fully saturated rings. The monoisotopic (exact) mass is 282 g/mol. The van der Waals surface area contributed by atoms with Crippen molar-refractivity contribution in [2.75, 3.05) is 13.2 Å². The van der Waals surface area contributed by atoms with Crippen LogP contribution < -0.4 is 0 Å². The van der Waals surface area contributed by atoms with Crippen LogP contribution in [0, 0.1) is 5.92 Å². The molecule has 5 heteroatoms. The second-order valence-electron chi connectivity index (χ2n) is 5.70. The number of rotatable bonds is 3. The van der Waals surface area contributed by atoms with Gasteiger partial charge in [-0.2, -0.15) is 0 Å². The highest BCUT2D eigenvalue weighted by Crippen LogP contribution is 2.38. The van der Waals surface area contributed by atoms with Crippen molar-refractivity contribution in [3.63, 3.8) is 0 Å². The quantitative estimate of drug-likeness (QED) is 0.925. The molecule has 2 unspecified atom stereocenters. The number of halogens is 1. The van der Waals surface area contributed by atoms with Gasteiger partial charge in [0.25, 0.3) is 5.91 Å². The number of aromatic nitrogens is 1. The Morgan fingerprint density at radius 1 is 1.47 bits per heavy atom. The van der Waals surface area contributed by atoms with Gasteiger partial charge in [-0.05, 0) is 31.2 Å². The fraction of sp³-hybridized carbons (Fsp3) is 0.643. The van der Waals surface area contributed by atoms with E-state index in [0.29, 0.717) is 22.7 Å². The van der Waals surface area contributed by atoms with Crippen LogP contribution in [-0.4, -0.2) is 39.7 Å². The fourth-order valence-corrected chi connectivity index (χ4v) is 3.17. The third-order valence-electron chi connectivity index (χ3n) is 4.31. The third-order valence-corrected chi connectivity index (χ3v) is 4.51. The number of amides is 1. The first-order valence-corrected chi connectivity index (χ1v) is 7.29. The lowest BCUT2D eigenvalue weighted by Gasteiger charge is -2.25.